The van der Waals surface area contributed by atoms with Gasteiger partial charge >= 0.3 is 0 Å². The van der Waals surface area contributed by atoms with E-state index < -0.39 is 8.07 Å². The summed E-state index contributed by atoms with van der Waals surface area (Å²) in [7, 11) is -1.02. The highest BCUT2D eigenvalue weighted by Crippen LogP contribution is 1.99. The lowest BCUT2D eigenvalue weighted by molar-refractivity contribution is 1.77. The van der Waals surface area contributed by atoms with Gasteiger partial charge < -0.3 is 0 Å². The summed E-state index contributed by atoms with van der Waals surface area (Å²) in [6.07, 6.45) is 0. The van der Waals surface area contributed by atoms with Crippen molar-refractivity contribution in [2.45, 2.75) is 19.6 Å². The van der Waals surface area contributed by atoms with E-state index in [4.69, 9.17) is 0 Å². The van der Waals surface area contributed by atoms with Crippen molar-refractivity contribution in [1.29, 1.82) is 0 Å². The molecule has 0 aliphatic heterocycles. The van der Waals surface area contributed by atoms with E-state index >= 15 is 0 Å². The van der Waals surface area contributed by atoms with Gasteiger partial charge in [-0.15, -0.1) is 0 Å². The maximum atomic E-state index is 3.42. The maximum Gasteiger partial charge on any atom is 0.0790 e. The van der Waals surface area contributed by atoms with Crippen LogP contribution in [0.25, 0.3) is 0 Å². The van der Waals surface area contributed by atoms with Gasteiger partial charge in [0.25, 0.3) is 0 Å². The van der Waals surface area contributed by atoms with E-state index in [0.29, 0.717) is 0 Å². The Hall–Kier alpha value is -0.483. The van der Waals surface area contributed by atoms with E-state index in [9.17, 15) is 0 Å². The first-order chi connectivity index (χ1) is 3.56. The zero-order chi connectivity index (χ0) is 6.62. The number of rotatable bonds is 1. The minimum Gasteiger partial charge on any atom is -0.0796 e. The summed E-state index contributed by atoms with van der Waals surface area (Å²) in [6, 6.07) is 0. The van der Waals surface area contributed by atoms with Crippen molar-refractivity contribution in [2.24, 2.45) is 0 Å². The summed E-state index contributed by atoms with van der Waals surface area (Å²) >= 11 is 0. The van der Waals surface area contributed by atoms with Gasteiger partial charge in [-0.05, 0) is 12.3 Å². The SMILES string of the molecule is C=C=C=C[Si](C)(C)C. The normalized spacial score (nSPS) is 9.38. The summed E-state index contributed by atoms with van der Waals surface area (Å²) in [5, 5.41) is 0. The van der Waals surface area contributed by atoms with Gasteiger partial charge in [-0.2, -0.15) is 0 Å². The van der Waals surface area contributed by atoms with Crippen LogP contribution in [-0.2, 0) is 0 Å². The monoisotopic (exact) mass is 124 g/mol. The van der Waals surface area contributed by atoms with Crippen molar-refractivity contribution in [2.75, 3.05) is 0 Å². The second-order valence-corrected chi connectivity index (χ2v) is 7.85. The fraction of sp³-hybridized carbons (Fsp3) is 0.429. The first-order valence-electron chi connectivity index (χ1n) is 2.68. The largest absolute Gasteiger partial charge is 0.0796 e. The fourth-order valence-corrected chi connectivity index (χ4v) is 0.803. The highest BCUT2D eigenvalue weighted by molar-refractivity contribution is 6.80. The third-order valence-electron chi connectivity index (χ3n) is 0.607. The fourth-order valence-electron chi connectivity index (χ4n) is 0.268. The Morgan fingerprint density at radius 2 is 1.88 bits per heavy atom. The minimum absolute atomic E-state index is 1.02. The topological polar surface area (TPSA) is 0 Å². The highest BCUT2D eigenvalue weighted by atomic mass is 28.3. The Labute approximate surface area is 52.2 Å². The van der Waals surface area contributed by atoms with Gasteiger partial charge in [-0.3, -0.25) is 0 Å². The molecule has 8 heavy (non-hydrogen) atoms. The molecule has 0 saturated heterocycles. The molecule has 0 rings (SSSR count). The molecule has 0 aromatic carbocycles. The lowest BCUT2D eigenvalue weighted by atomic mass is 10.9. The zero-order valence-corrected chi connectivity index (χ0v) is 6.78. The van der Waals surface area contributed by atoms with E-state index in [0.717, 1.165) is 0 Å². The lowest BCUT2D eigenvalue weighted by Gasteiger charge is -2.03. The third-order valence-corrected chi connectivity index (χ3v) is 1.62. The van der Waals surface area contributed by atoms with Crippen molar-refractivity contribution >= 4 is 8.07 Å². The molecule has 0 saturated carbocycles. The molecule has 0 unspecified atom stereocenters. The van der Waals surface area contributed by atoms with Crippen LogP contribution in [0.3, 0.4) is 0 Å². The first kappa shape index (κ1) is 7.52. The quantitative estimate of drug-likeness (QED) is 0.372. The molecule has 1 heteroatoms. The Morgan fingerprint density at radius 1 is 1.38 bits per heavy atom. The molecule has 0 heterocycles. The van der Waals surface area contributed by atoms with Crippen molar-refractivity contribution < 1.29 is 0 Å². The smallest absolute Gasteiger partial charge is 0.0790 e. The number of hydrogen-bond acceptors (Lipinski definition) is 0. The molecule has 0 aliphatic rings. The Kier molecular flexibility index (Phi) is 2.57. The van der Waals surface area contributed by atoms with Crippen LogP contribution in [0.15, 0.2) is 23.7 Å². The zero-order valence-electron chi connectivity index (χ0n) is 5.78. The molecule has 44 valence electrons. The Bertz CT molecular complexity index is 138. The maximum absolute atomic E-state index is 3.42. The molecule has 0 fully saturated rings. The molecular formula is C7H12Si. The number of hydrogen-bond donors (Lipinski definition) is 0. The summed E-state index contributed by atoms with van der Waals surface area (Å²) in [5.41, 5.74) is 7.55. The van der Waals surface area contributed by atoms with Crippen molar-refractivity contribution in [1.82, 2.24) is 0 Å². The average molecular weight is 124 g/mol. The van der Waals surface area contributed by atoms with Crippen LogP contribution in [-0.4, -0.2) is 8.07 Å². The highest BCUT2D eigenvalue weighted by Gasteiger charge is 2.05. The van der Waals surface area contributed by atoms with Crippen LogP contribution < -0.4 is 0 Å². The average Bonchev–Trinajstić information content (AvgIpc) is 1.59. The summed E-state index contributed by atoms with van der Waals surface area (Å²) in [6.45, 7) is 10.2. The lowest BCUT2D eigenvalue weighted by Crippen LogP contribution is -2.14. The van der Waals surface area contributed by atoms with Crippen molar-refractivity contribution in [3.63, 3.8) is 0 Å². The standard InChI is InChI=1S/C7H12Si/c1-5-6-7-8(2,3)4/h7H,1H2,2-4H3. The van der Waals surface area contributed by atoms with Crippen molar-refractivity contribution in [3.8, 4) is 0 Å². The molecule has 0 spiro atoms. The molecule has 0 atom stereocenters. The van der Waals surface area contributed by atoms with Crippen LogP contribution >= 0.6 is 0 Å². The van der Waals surface area contributed by atoms with E-state index in [1.165, 1.54) is 0 Å². The molecule has 0 amide bonds. The van der Waals surface area contributed by atoms with Gasteiger partial charge in [-0.25, -0.2) is 0 Å². The van der Waals surface area contributed by atoms with Crippen LogP contribution in [0.2, 0.25) is 19.6 Å². The predicted octanol–water partition coefficient (Wildman–Crippen LogP) is 2.36. The first-order valence-corrected chi connectivity index (χ1v) is 6.26. The van der Waals surface area contributed by atoms with E-state index in [2.05, 4.69) is 43.4 Å². The van der Waals surface area contributed by atoms with Crippen LogP contribution in [0.1, 0.15) is 0 Å². The molecule has 0 aliphatic carbocycles. The molecular weight excluding hydrogens is 112 g/mol. The minimum atomic E-state index is -1.02. The van der Waals surface area contributed by atoms with Gasteiger partial charge in [-0.1, -0.05) is 31.1 Å². The molecule has 0 N–H and O–H groups in total. The summed E-state index contributed by atoms with van der Waals surface area (Å²) < 4.78 is 0. The van der Waals surface area contributed by atoms with Gasteiger partial charge in [0.1, 0.15) is 0 Å². The van der Waals surface area contributed by atoms with Crippen LogP contribution in [0.4, 0.5) is 0 Å². The second-order valence-electron chi connectivity index (χ2n) is 2.83. The summed E-state index contributed by atoms with van der Waals surface area (Å²) in [4.78, 5) is 0. The third kappa shape index (κ3) is 5.52. The van der Waals surface area contributed by atoms with Gasteiger partial charge in [0.2, 0.25) is 0 Å². The molecule has 0 bridgehead atoms. The van der Waals surface area contributed by atoms with Crippen LogP contribution in [0.5, 0.6) is 0 Å². The molecule has 0 aromatic rings. The summed E-state index contributed by atoms with van der Waals surface area (Å²) in [5.74, 6) is 0. The molecule has 0 nitrogen and oxygen atoms in total. The second kappa shape index (κ2) is 2.73. The van der Waals surface area contributed by atoms with E-state index in [1.807, 2.05) is 0 Å². The van der Waals surface area contributed by atoms with E-state index in [-0.39, 0.29) is 0 Å². The predicted molar refractivity (Wildman–Crippen MR) is 40.6 cm³/mol. The Morgan fingerprint density at radius 3 is 2.00 bits per heavy atom. The van der Waals surface area contributed by atoms with Crippen molar-refractivity contribution in [3.05, 3.63) is 23.7 Å². The van der Waals surface area contributed by atoms with E-state index in [1.54, 1.807) is 0 Å². The van der Waals surface area contributed by atoms with Gasteiger partial charge in [0.15, 0.2) is 0 Å². The van der Waals surface area contributed by atoms with Gasteiger partial charge in [0, 0.05) is 0 Å². The van der Waals surface area contributed by atoms with Gasteiger partial charge in [0.05, 0.1) is 8.07 Å². The Balaban J connectivity index is 4.10. The van der Waals surface area contributed by atoms with Crippen LogP contribution in [0, 0.1) is 0 Å². The molecule has 0 aromatic heterocycles. The molecule has 0 radical (unpaired) electrons.